The smallest absolute Gasteiger partial charge is 0.240 e. The monoisotopic (exact) mass is 314 g/mol. The molecule has 1 saturated heterocycles. The normalized spacial score (nSPS) is 23.4. The SMILES string of the molecule is O=C1CC(NS(=O)(=O)c2cccc(Cl)c2)CN1C1CC1. The first kappa shape index (κ1) is 13.9. The minimum Gasteiger partial charge on any atom is -0.338 e. The molecule has 1 saturated carbocycles. The topological polar surface area (TPSA) is 66.5 Å². The molecule has 1 heterocycles. The quantitative estimate of drug-likeness (QED) is 0.913. The summed E-state index contributed by atoms with van der Waals surface area (Å²) in [6.07, 6.45) is 2.29. The van der Waals surface area contributed by atoms with Crippen molar-refractivity contribution < 1.29 is 13.2 Å². The first-order valence-electron chi connectivity index (χ1n) is 6.53. The number of carbonyl (C=O) groups is 1. The maximum atomic E-state index is 12.2. The molecule has 20 heavy (non-hydrogen) atoms. The van der Waals surface area contributed by atoms with Crippen molar-refractivity contribution in [3.05, 3.63) is 29.3 Å². The molecule has 1 aliphatic heterocycles. The Morgan fingerprint density at radius 2 is 2.05 bits per heavy atom. The Kier molecular flexibility index (Phi) is 3.48. The molecule has 1 aromatic carbocycles. The van der Waals surface area contributed by atoms with Gasteiger partial charge >= 0.3 is 0 Å². The van der Waals surface area contributed by atoms with Crippen molar-refractivity contribution in [1.82, 2.24) is 9.62 Å². The van der Waals surface area contributed by atoms with E-state index < -0.39 is 10.0 Å². The second-order valence-electron chi connectivity index (χ2n) is 5.26. The summed E-state index contributed by atoms with van der Waals surface area (Å²) in [6.45, 7) is 0.462. The summed E-state index contributed by atoms with van der Waals surface area (Å²) < 4.78 is 27.1. The van der Waals surface area contributed by atoms with Crippen LogP contribution in [0.1, 0.15) is 19.3 Å². The molecule has 0 aromatic heterocycles. The van der Waals surface area contributed by atoms with E-state index in [-0.39, 0.29) is 23.3 Å². The molecule has 7 heteroatoms. The van der Waals surface area contributed by atoms with E-state index in [0.717, 1.165) is 12.8 Å². The standard InChI is InChI=1S/C13H15ClN2O3S/c14-9-2-1-3-12(6-9)20(18,19)15-10-7-13(17)16(8-10)11-4-5-11/h1-3,6,10-11,15H,4-5,7-8H2. The molecule has 0 bridgehead atoms. The Hall–Kier alpha value is -1.11. The number of carbonyl (C=O) groups excluding carboxylic acids is 1. The van der Waals surface area contributed by atoms with Gasteiger partial charge in [0.25, 0.3) is 0 Å². The van der Waals surface area contributed by atoms with Crippen molar-refractivity contribution in [3.8, 4) is 0 Å². The van der Waals surface area contributed by atoms with Gasteiger partial charge in [0.05, 0.1) is 4.90 Å². The first-order valence-corrected chi connectivity index (χ1v) is 8.39. The number of hydrogen-bond donors (Lipinski definition) is 1. The van der Waals surface area contributed by atoms with Gasteiger partial charge in [0.15, 0.2) is 0 Å². The van der Waals surface area contributed by atoms with E-state index in [9.17, 15) is 13.2 Å². The molecule has 5 nitrogen and oxygen atoms in total. The van der Waals surface area contributed by atoms with Crippen LogP contribution in [0.25, 0.3) is 0 Å². The molecule has 0 radical (unpaired) electrons. The van der Waals surface area contributed by atoms with E-state index in [1.54, 1.807) is 17.0 Å². The van der Waals surface area contributed by atoms with Gasteiger partial charge in [0.2, 0.25) is 15.9 Å². The lowest BCUT2D eigenvalue weighted by Gasteiger charge is -2.16. The number of nitrogens with one attached hydrogen (secondary N) is 1. The zero-order valence-corrected chi connectivity index (χ0v) is 12.3. The molecule has 2 fully saturated rings. The van der Waals surface area contributed by atoms with Crippen LogP contribution in [0.3, 0.4) is 0 Å². The molecule has 3 rings (SSSR count). The molecule has 1 atom stereocenters. The number of nitrogens with zero attached hydrogens (tertiary/aromatic N) is 1. The van der Waals surface area contributed by atoms with E-state index in [0.29, 0.717) is 17.6 Å². The number of sulfonamides is 1. The van der Waals surface area contributed by atoms with Crippen molar-refractivity contribution in [2.45, 2.75) is 36.2 Å². The predicted molar refractivity (Wildman–Crippen MR) is 74.9 cm³/mol. The van der Waals surface area contributed by atoms with E-state index in [1.165, 1.54) is 12.1 Å². The first-order chi connectivity index (χ1) is 9.45. The molecule has 1 N–H and O–H groups in total. The maximum absolute atomic E-state index is 12.2. The molecule has 1 aromatic rings. The molecule has 1 unspecified atom stereocenters. The van der Waals surface area contributed by atoms with Crippen LogP contribution in [0.4, 0.5) is 0 Å². The Morgan fingerprint density at radius 1 is 1.30 bits per heavy atom. The second-order valence-corrected chi connectivity index (χ2v) is 7.41. The number of likely N-dealkylation sites (tertiary alicyclic amines) is 1. The van der Waals surface area contributed by atoms with Crippen molar-refractivity contribution in [2.75, 3.05) is 6.54 Å². The van der Waals surface area contributed by atoms with E-state index in [2.05, 4.69) is 4.72 Å². The fourth-order valence-corrected chi connectivity index (χ4v) is 4.00. The van der Waals surface area contributed by atoms with Gasteiger partial charge in [-0.3, -0.25) is 4.79 Å². The van der Waals surface area contributed by atoms with Crippen LogP contribution in [-0.2, 0) is 14.8 Å². The summed E-state index contributed by atoms with van der Waals surface area (Å²) >= 11 is 5.81. The van der Waals surface area contributed by atoms with Gasteiger partial charge in [-0.2, -0.15) is 0 Å². The van der Waals surface area contributed by atoms with Gasteiger partial charge in [-0.1, -0.05) is 17.7 Å². The number of rotatable bonds is 4. The van der Waals surface area contributed by atoms with Gasteiger partial charge < -0.3 is 4.90 Å². The number of benzene rings is 1. The molecule has 1 amide bonds. The zero-order chi connectivity index (χ0) is 14.3. The summed E-state index contributed by atoms with van der Waals surface area (Å²) in [5.74, 6) is 0.0336. The fourth-order valence-electron chi connectivity index (χ4n) is 2.47. The third kappa shape index (κ3) is 2.82. The molecular weight excluding hydrogens is 300 g/mol. The fraction of sp³-hybridized carbons (Fsp3) is 0.462. The second kappa shape index (κ2) is 5.02. The van der Waals surface area contributed by atoms with E-state index in [1.807, 2.05) is 0 Å². The van der Waals surface area contributed by atoms with Gasteiger partial charge in [-0.05, 0) is 31.0 Å². The summed E-state index contributed by atoms with van der Waals surface area (Å²) in [5, 5.41) is 0.370. The van der Waals surface area contributed by atoms with Gasteiger partial charge in [-0.15, -0.1) is 0 Å². The molecular formula is C13H15ClN2O3S. The number of amides is 1. The van der Waals surface area contributed by atoms with Crippen LogP contribution >= 0.6 is 11.6 Å². The summed E-state index contributed by atoms with van der Waals surface area (Å²) in [5.41, 5.74) is 0. The highest BCUT2D eigenvalue weighted by molar-refractivity contribution is 7.89. The lowest BCUT2D eigenvalue weighted by atomic mass is 10.3. The highest BCUT2D eigenvalue weighted by Crippen LogP contribution is 2.31. The third-order valence-electron chi connectivity index (χ3n) is 3.57. The minimum absolute atomic E-state index is 0.0336. The van der Waals surface area contributed by atoms with Crippen molar-refractivity contribution in [3.63, 3.8) is 0 Å². The molecule has 1 aliphatic carbocycles. The Labute approximate surface area is 123 Å². The largest absolute Gasteiger partial charge is 0.338 e. The maximum Gasteiger partial charge on any atom is 0.240 e. The average Bonchev–Trinajstić information content (AvgIpc) is 3.14. The van der Waals surface area contributed by atoms with E-state index >= 15 is 0 Å². The van der Waals surface area contributed by atoms with Crippen LogP contribution < -0.4 is 4.72 Å². The predicted octanol–water partition coefficient (Wildman–Crippen LogP) is 1.38. The zero-order valence-electron chi connectivity index (χ0n) is 10.8. The van der Waals surface area contributed by atoms with Crippen LogP contribution in [0.15, 0.2) is 29.2 Å². The van der Waals surface area contributed by atoms with Crippen LogP contribution in [0.2, 0.25) is 5.02 Å². The van der Waals surface area contributed by atoms with Crippen LogP contribution in [0, 0.1) is 0 Å². The lowest BCUT2D eigenvalue weighted by Crippen LogP contribution is -2.37. The van der Waals surface area contributed by atoms with E-state index in [4.69, 9.17) is 11.6 Å². The Balaban J connectivity index is 1.72. The number of halogens is 1. The summed E-state index contributed by atoms with van der Waals surface area (Å²) in [7, 11) is -3.63. The van der Waals surface area contributed by atoms with Crippen LogP contribution in [0.5, 0.6) is 0 Å². The van der Waals surface area contributed by atoms with Crippen molar-refractivity contribution >= 4 is 27.5 Å². The van der Waals surface area contributed by atoms with Gasteiger partial charge in [0, 0.05) is 30.1 Å². The van der Waals surface area contributed by atoms with Gasteiger partial charge in [-0.25, -0.2) is 13.1 Å². The summed E-state index contributed by atoms with van der Waals surface area (Å²) in [6, 6.07) is 6.07. The van der Waals surface area contributed by atoms with Crippen molar-refractivity contribution in [2.24, 2.45) is 0 Å². The average molecular weight is 315 g/mol. The molecule has 0 spiro atoms. The highest BCUT2D eigenvalue weighted by Gasteiger charge is 2.40. The minimum atomic E-state index is -3.63. The number of hydrogen-bond acceptors (Lipinski definition) is 3. The van der Waals surface area contributed by atoms with Crippen LogP contribution in [-0.4, -0.2) is 37.9 Å². The Bertz CT molecular complexity index is 643. The molecule has 2 aliphatic rings. The van der Waals surface area contributed by atoms with Crippen molar-refractivity contribution in [1.29, 1.82) is 0 Å². The summed E-state index contributed by atoms with van der Waals surface area (Å²) in [4.78, 5) is 13.7. The Morgan fingerprint density at radius 3 is 2.70 bits per heavy atom. The molecule has 108 valence electrons. The lowest BCUT2D eigenvalue weighted by molar-refractivity contribution is -0.128. The third-order valence-corrected chi connectivity index (χ3v) is 5.33. The highest BCUT2D eigenvalue weighted by atomic mass is 35.5. The van der Waals surface area contributed by atoms with Gasteiger partial charge in [0.1, 0.15) is 0 Å².